The standard InChI is InChI=1S/C18H17FN2S.BrH/c19-15-8-4-7-14(11-15)17(13-5-2-1-3-6-13)18-21-16(9-10-20)12-22-18;/h1-8,11-12,17H,9-10,20H2;1H. The molecule has 2 nitrogen and oxygen atoms in total. The average Bonchev–Trinajstić information content (AvgIpc) is 2.97. The molecule has 0 amide bonds. The highest BCUT2D eigenvalue weighted by Crippen LogP contribution is 2.34. The molecular formula is C18H18BrFN2S. The third kappa shape index (κ3) is 4.25. The van der Waals surface area contributed by atoms with Crippen LogP contribution in [0.25, 0.3) is 0 Å². The van der Waals surface area contributed by atoms with Gasteiger partial charge < -0.3 is 22.7 Å². The zero-order chi connectivity index (χ0) is 15.4. The maximum Gasteiger partial charge on any atom is 0.123 e. The summed E-state index contributed by atoms with van der Waals surface area (Å²) in [5, 5.41) is 3.08. The van der Waals surface area contributed by atoms with Gasteiger partial charge in [-0.3, -0.25) is 0 Å². The van der Waals surface area contributed by atoms with Crippen LogP contribution in [0.3, 0.4) is 0 Å². The monoisotopic (exact) mass is 392 g/mol. The van der Waals surface area contributed by atoms with Gasteiger partial charge in [-0.25, -0.2) is 9.37 Å². The van der Waals surface area contributed by atoms with Gasteiger partial charge >= 0.3 is 0 Å². The molecule has 1 heterocycles. The second-order valence-electron chi connectivity index (χ2n) is 5.18. The number of hydrogen-bond acceptors (Lipinski definition) is 2. The van der Waals surface area contributed by atoms with Crippen molar-refractivity contribution in [3.8, 4) is 0 Å². The summed E-state index contributed by atoms with van der Waals surface area (Å²) < 4.78 is 13.7. The number of hydrogen-bond donors (Lipinski definition) is 1. The summed E-state index contributed by atoms with van der Waals surface area (Å²) in [6, 6.07) is 16.9. The third-order valence-electron chi connectivity index (χ3n) is 3.56. The second kappa shape index (κ2) is 8.34. The maximum absolute atomic E-state index is 13.7. The number of rotatable bonds is 5. The maximum atomic E-state index is 13.7. The fourth-order valence-electron chi connectivity index (χ4n) is 2.56. The molecule has 3 N–H and O–H groups in total. The Morgan fingerprint density at radius 3 is 2.48 bits per heavy atom. The van der Waals surface area contributed by atoms with Gasteiger partial charge in [0, 0.05) is 11.8 Å². The molecule has 5 heteroatoms. The van der Waals surface area contributed by atoms with E-state index >= 15 is 0 Å². The van der Waals surface area contributed by atoms with Crippen molar-refractivity contribution in [3.05, 3.63) is 87.6 Å². The van der Waals surface area contributed by atoms with Gasteiger partial charge in [-0.05, 0) is 23.3 Å². The van der Waals surface area contributed by atoms with Gasteiger partial charge in [-0.1, -0.05) is 42.5 Å². The molecule has 1 atom stereocenters. The minimum absolute atomic E-state index is 0. The summed E-state index contributed by atoms with van der Waals surface area (Å²) in [6.07, 6.45) is 0.876. The lowest BCUT2D eigenvalue weighted by Crippen LogP contribution is -3.00. The van der Waals surface area contributed by atoms with Crippen LogP contribution in [0, 0.1) is 5.82 Å². The smallest absolute Gasteiger partial charge is 0.123 e. The van der Waals surface area contributed by atoms with E-state index in [4.69, 9.17) is 4.98 Å². The first kappa shape index (κ1) is 17.8. The summed E-state index contributed by atoms with van der Waals surface area (Å²) in [5.41, 5.74) is 7.00. The summed E-state index contributed by atoms with van der Waals surface area (Å²) >= 11 is 1.63. The Morgan fingerprint density at radius 2 is 1.78 bits per heavy atom. The lowest BCUT2D eigenvalue weighted by atomic mass is 9.92. The summed E-state index contributed by atoms with van der Waals surface area (Å²) in [6.45, 7) is 0.832. The van der Waals surface area contributed by atoms with Crippen LogP contribution in [-0.4, -0.2) is 11.5 Å². The van der Waals surface area contributed by atoms with Gasteiger partial charge in [0.2, 0.25) is 0 Å². The normalized spacial score (nSPS) is 11.7. The minimum atomic E-state index is -0.215. The Balaban J connectivity index is 0.00000192. The molecule has 1 unspecified atom stereocenters. The SMILES string of the molecule is [Br-].[NH3+]CCc1csc(C(c2ccccc2)c2cccc(F)c2)n1. The highest BCUT2D eigenvalue weighted by Gasteiger charge is 2.20. The van der Waals surface area contributed by atoms with E-state index in [1.165, 1.54) is 6.07 Å². The fourth-order valence-corrected chi connectivity index (χ4v) is 3.57. The van der Waals surface area contributed by atoms with Crippen LogP contribution in [0.15, 0.2) is 60.0 Å². The largest absolute Gasteiger partial charge is 1.00 e. The number of nitrogens with zero attached hydrogens (tertiary/aromatic N) is 1. The van der Waals surface area contributed by atoms with Crippen molar-refractivity contribution in [3.63, 3.8) is 0 Å². The van der Waals surface area contributed by atoms with Crippen molar-refractivity contribution in [2.45, 2.75) is 12.3 Å². The van der Waals surface area contributed by atoms with E-state index in [9.17, 15) is 4.39 Å². The van der Waals surface area contributed by atoms with Crippen LogP contribution in [0.2, 0.25) is 0 Å². The molecule has 0 aliphatic heterocycles. The van der Waals surface area contributed by atoms with Gasteiger partial charge in [-0.15, -0.1) is 11.3 Å². The van der Waals surface area contributed by atoms with Gasteiger partial charge in [0.05, 0.1) is 18.2 Å². The summed E-state index contributed by atoms with van der Waals surface area (Å²) in [4.78, 5) is 4.74. The van der Waals surface area contributed by atoms with E-state index in [0.29, 0.717) is 0 Å². The number of halogens is 2. The number of aromatic nitrogens is 1. The zero-order valence-electron chi connectivity index (χ0n) is 12.6. The topological polar surface area (TPSA) is 40.5 Å². The number of benzene rings is 2. The number of thiazole rings is 1. The lowest BCUT2D eigenvalue weighted by Gasteiger charge is -2.15. The molecule has 3 rings (SSSR count). The van der Waals surface area contributed by atoms with Crippen LogP contribution in [0.4, 0.5) is 4.39 Å². The molecule has 0 fully saturated rings. The van der Waals surface area contributed by atoms with Gasteiger partial charge in [0.1, 0.15) is 10.8 Å². The first-order valence-corrected chi connectivity index (χ1v) is 8.20. The van der Waals surface area contributed by atoms with E-state index in [0.717, 1.165) is 34.8 Å². The van der Waals surface area contributed by atoms with Crippen molar-refractivity contribution in [2.24, 2.45) is 0 Å². The van der Waals surface area contributed by atoms with Crippen molar-refractivity contribution in [1.82, 2.24) is 4.98 Å². The molecule has 0 aliphatic carbocycles. The van der Waals surface area contributed by atoms with E-state index < -0.39 is 0 Å². The molecule has 120 valence electrons. The Kier molecular flexibility index (Phi) is 6.45. The van der Waals surface area contributed by atoms with E-state index in [1.807, 2.05) is 24.3 Å². The van der Waals surface area contributed by atoms with Gasteiger partial charge in [0.15, 0.2) is 0 Å². The Labute approximate surface area is 150 Å². The number of quaternary nitrogens is 1. The highest BCUT2D eigenvalue weighted by atomic mass is 79.9. The quantitative estimate of drug-likeness (QED) is 0.664. The van der Waals surface area contributed by atoms with E-state index in [-0.39, 0.29) is 28.7 Å². The summed E-state index contributed by atoms with van der Waals surface area (Å²) in [7, 11) is 0. The molecule has 0 aliphatic rings. The van der Waals surface area contributed by atoms with E-state index in [2.05, 4.69) is 23.2 Å². The van der Waals surface area contributed by atoms with Crippen molar-refractivity contribution in [2.75, 3.05) is 6.54 Å². The molecule has 2 aromatic carbocycles. The predicted molar refractivity (Wildman–Crippen MR) is 87.4 cm³/mol. The molecule has 0 saturated carbocycles. The lowest BCUT2D eigenvalue weighted by molar-refractivity contribution is -0.366. The van der Waals surface area contributed by atoms with Crippen molar-refractivity contribution < 1.29 is 27.1 Å². The summed E-state index contributed by atoms with van der Waals surface area (Å²) in [5.74, 6) is -0.242. The third-order valence-corrected chi connectivity index (χ3v) is 4.52. The molecule has 0 radical (unpaired) electrons. The Morgan fingerprint density at radius 1 is 1.04 bits per heavy atom. The first-order chi connectivity index (χ1) is 10.8. The van der Waals surface area contributed by atoms with Crippen LogP contribution in [0.5, 0.6) is 0 Å². The van der Waals surface area contributed by atoms with Crippen LogP contribution in [-0.2, 0) is 6.42 Å². The van der Waals surface area contributed by atoms with Crippen molar-refractivity contribution in [1.29, 1.82) is 0 Å². The van der Waals surface area contributed by atoms with Crippen LogP contribution >= 0.6 is 11.3 Å². The molecule has 1 aromatic heterocycles. The predicted octanol–water partition coefficient (Wildman–Crippen LogP) is 0.251. The first-order valence-electron chi connectivity index (χ1n) is 7.32. The van der Waals surface area contributed by atoms with Crippen LogP contribution < -0.4 is 22.7 Å². The minimum Gasteiger partial charge on any atom is -1.00 e. The molecule has 0 spiro atoms. The Hall–Kier alpha value is -1.56. The average molecular weight is 393 g/mol. The van der Waals surface area contributed by atoms with Gasteiger partial charge in [0.25, 0.3) is 0 Å². The highest BCUT2D eigenvalue weighted by molar-refractivity contribution is 7.09. The molecule has 23 heavy (non-hydrogen) atoms. The van der Waals surface area contributed by atoms with Crippen LogP contribution in [0.1, 0.15) is 27.7 Å². The molecule has 0 bridgehead atoms. The molecule has 0 saturated heterocycles. The van der Waals surface area contributed by atoms with Crippen molar-refractivity contribution >= 4 is 11.3 Å². The molecular weight excluding hydrogens is 375 g/mol. The molecule has 3 aromatic rings. The van der Waals surface area contributed by atoms with E-state index in [1.54, 1.807) is 23.5 Å². The second-order valence-corrected chi connectivity index (χ2v) is 6.07. The zero-order valence-corrected chi connectivity index (χ0v) is 15.0. The fraction of sp³-hybridized carbons (Fsp3) is 0.167. The van der Waals surface area contributed by atoms with Gasteiger partial charge in [-0.2, -0.15) is 0 Å². The Bertz CT molecular complexity index is 746.